The molecule has 3 aliphatic carbocycles. The third-order valence-electron chi connectivity index (χ3n) is 7.82. The van der Waals surface area contributed by atoms with Crippen molar-refractivity contribution < 1.29 is 9.47 Å². The van der Waals surface area contributed by atoms with Crippen molar-refractivity contribution in [2.75, 3.05) is 0 Å². The van der Waals surface area contributed by atoms with Crippen molar-refractivity contribution in [3.8, 4) is 0 Å². The van der Waals surface area contributed by atoms with Crippen LogP contribution in [0.5, 0.6) is 0 Å². The smallest absolute Gasteiger partial charge is 0.199 e. The van der Waals surface area contributed by atoms with E-state index in [4.69, 9.17) is 9.47 Å². The SMILES string of the molecule is C1=C/C=C2/OC3CCCCCCCC3B3C2=C(C=C1)OC1CCCCCCC31. The number of hydrogen-bond acceptors (Lipinski definition) is 2. The summed E-state index contributed by atoms with van der Waals surface area (Å²) in [6.07, 6.45) is 29.1. The summed E-state index contributed by atoms with van der Waals surface area (Å²) >= 11 is 0. The predicted octanol–water partition coefficient (Wildman–Crippen LogP) is 6.92. The fraction of sp³-hybridized carbons (Fsp3) is 0.680. The summed E-state index contributed by atoms with van der Waals surface area (Å²) in [6, 6.07) is 0. The lowest BCUT2D eigenvalue weighted by Gasteiger charge is -2.49. The Morgan fingerprint density at radius 2 is 1.25 bits per heavy atom. The van der Waals surface area contributed by atoms with E-state index in [-0.39, 0.29) is 0 Å². The van der Waals surface area contributed by atoms with Crippen molar-refractivity contribution in [2.45, 2.75) is 107 Å². The lowest BCUT2D eigenvalue weighted by atomic mass is 9.25. The Morgan fingerprint density at radius 3 is 1.96 bits per heavy atom. The van der Waals surface area contributed by atoms with E-state index in [2.05, 4.69) is 30.4 Å². The van der Waals surface area contributed by atoms with Crippen molar-refractivity contribution in [3.63, 3.8) is 0 Å². The molecule has 0 bridgehead atoms. The maximum atomic E-state index is 6.73. The van der Waals surface area contributed by atoms with E-state index in [9.17, 15) is 0 Å². The molecule has 28 heavy (non-hydrogen) atoms. The minimum Gasteiger partial charge on any atom is -0.491 e. The number of rotatable bonds is 0. The van der Waals surface area contributed by atoms with Crippen LogP contribution in [0.3, 0.4) is 0 Å². The van der Waals surface area contributed by atoms with Gasteiger partial charge in [0.1, 0.15) is 11.5 Å². The molecule has 0 aromatic carbocycles. The van der Waals surface area contributed by atoms with Crippen LogP contribution in [0.15, 0.2) is 47.4 Å². The average molecular weight is 378 g/mol. The quantitative estimate of drug-likeness (QED) is 0.426. The van der Waals surface area contributed by atoms with Gasteiger partial charge in [-0.3, -0.25) is 0 Å². The van der Waals surface area contributed by atoms with Crippen molar-refractivity contribution in [1.29, 1.82) is 0 Å². The standard InChI is InChI=1S/C25H35BO2/c1-2-7-13-19-21(15-9-3-1)27-23-17-11-6-12-18-24-25(23)26(19)20-14-8-4-5-10-16-22(20)28-24/h6,11-12,17-22H,1-5,7-10,13-16H2/b11-6?,12-6?,17-11?,18-12?,23-17+,24-18?. The molecule has 2 saturated carbocycles. The molecule has 0 amide bonds. The zero-order valence-corrected chi connectivity index (χ0v) is 17.3. The molecule has 150 valence electrons. The van der Waals surface area contributed by atoms with Gasteiger partial charge in [0.2, 0.25) is 0 Å². The first-order valence-electron chi connectivity index (χ1n) is 12.0. The molecule has 0 aromatic rings. The van der Waals surface area contributed by atoms with Crippen LogP contribution in [-0.2, 0) is 9.47 Å². The Kier molecular flexibility index (Phi) is 5.69. The molecule has 5 aliphatic rings. The van der Waals surface area contributed by atoms with Gasteiger partial charge in [-0.05, 0) is 49.5 Å². The van der Waals surface area contributed by atoms with Crippen LogP contribution in [0.2, 0.25) is 11.6 Å². The predicted molar refractivity (Wildman–Crippen MR) is 116 cm³/mol. The monoisotopic (exact) mass is 378 g/mol. The highest BCUT2D eigenvalue weighted by atomic mass is 16.5. The van der Waals surface area contributed by atoms with E-state index in [1.807, 2.05) is 0 Å². The van der Waals surface area contributed by atoms with Gasteiger partial charge in [0.25, 0.3) is 0 Å². The fourth-order valence-electron chi connectivity index (χ4n) is 6.51. The van der Waals surface area contributed by atoms with E-state index in [1.54, 1.807) is 0 Å². The molecular formula is C25H35BO2. The van der Waals surface area contributed by atoms with Crippen molar-refractivity contribution in [2.24, 2.45) is 0 Å². The minimum absolute atomic E-state index is 0.403. The van der Waals surface area contributed by atoms with E-state index in [0.29, 0.717) is 30.6 Å². The molecule has 2 heterocycles. The van der Waals surface area contributed by atoms with Gasteiger partial charge in [0.15, 0.2) is 6.71 Å². The molecule has 3 fully saturated rings. The molecule has 4 unspecified atom stereocenters. The molecule has 0 radical (unpaired) electrons. The van der Waals surface area contributed by atoms with Gasteiger partial charge in [-0.15, -0.1) is 0 Å². The zero-order valence-electron chi connectivity index (χ0n) is 17.3. The average Bonchev–Trinajstić information content (AvgIpc) is 2.78. The zero-order chi connectivity index (χ0) is 18.8. The fourth-order valence-corrected chi connectivity index (χ4v) is 6.51. The summed E-state index contributed by atoms with van der Waals surface area (Å²) in [6.45, 7) is 0.631. The van der Waals surface area contributed by atoms with E-state index >= 15 is 0 Å². The maximum Gasteiger partial charge on any atom is 0.199 e. The lowest BCUT2D eigenvalue weighted by molar-refractivity contribution is 0.0631. The number of ether oxygens (including phenoxy) is 2. The molecule has 2 nitrogen and oxygen atoms in total. The number of hydrogen-bond donors (Lipinski definition) is 0. The van der Waals surface area contributed by atoms with Gasteiger partial charge in [0.05, 0.1) is 12.2 Å². The molecule has 0 spiro atoms. The van der Waals surface area contributed by atoms with Crippen LogP contribution in [0.4, 0.5) is 0 Å². The summed E-state index contributed by atoms with van der Waals surface area (Å²) < 4.78 is 13.4. The van der Waals surface area contributed by atoms with Gasteiger partial charge in [0, 0.05) is 5.47 Å². The molecule has 4 atom stereocenters. The van der Waals surface area contributed by atoms with Gasteiger partial charge in [-0.1, -0.05) is 76.0 Å². The summed E-state index contributed by atoms with van der Waals surface area (Å²) in [4.78, 5) is 0. The minimum atomic E-state index is 0.403. The second-order valence-corrected chi connectivity index (χ2v) is 9.56. The summed E-state index contributed by atoms with van der Waals surface area (Å²) in [7, 11) is 0. The van der Waals surface area contributed by atoms with Gasteiger partial charge in [-0.2, -0.15) is 0 Å². The Labute approximate surface area is 171 Å². The van der Waals surface area contributed by atoms with Crippen LogP contribution in [0.1, 0.15) is 83.5 Å². The van der Waals surface area contributed by atoms with Crippen LogP contribution >= 0.6 is 0 Å². The van der Waals surface area contributed by atoms with E-state index < -0.39 is 0 Å². The molecule has 0 N–H and O–H groups in total. The number of allylic oxidation sites excluding steroid dienone is 6. The molecular weight excluding hydrogens is 343 g/mol. The Hall–Kier alpha value is -1.38. The van der Waals surface area contributed by atoms with Crippen molar-refractivity contribution >= 4 is 6.71 Å². The topological polar surface area (TPSA) is 18.5 Å². The Balaban J connectivity index is 1.58. The second-order valence-electron chi connectivity index (χ2n) is 9.56. The molecule has 3 heteroatoms. The molecule has 5 rings (SSSR count). The molecule has 0 aromatic heterocycles. The highest BCUT2D eigenvalue weighted by Crippen LogP contribution is 2.53. The third-order valence-corrected chi connectivity index (χ3v) is 7.82. The highest BCUT2D eigenvalue weighted by molar-refractivity contribution is 6.71. The Morgan fingerprint density at radius 1 is 0.643 bits per heavy atom. The summed E-state index contributed by atoms with van der Waals surface area (Å²) in [5.41, 5.74) is 1.41. The van der Waals surface area contributed by atoms with Crippen LogP contribution in [0, 0.1) is 0 Å². The lowest BCUT2D eigenvalue weighted by Crippen LogP contribution is -2.49. The van der Waals surface area contributed by atoms with Crippen molar-refractivity contribution in [1.82, 2.24) is 0 Å². The second kappa shape index (κ2) is 8.55. The van der Waals surface area contributed by atoms with Gasteiger partial charge in [-0.25, -0.2) is 0 Å². The van der Waals surface area contributed by atoms with Crippen LogP contribution in [-0.4, -0.2) is 18.9 Å². The van der Waals surface area contributed by atoms with E-state index in [0.717, 1.165) is 11.5 Å². The van der Waals surface area contributed by atoms with Crippen LogP contribution < -0.4 is 0 Å². The Bertz CT molecular complexity index is 689. The first-order chi connectivity index (χ1) is 13.9. The van der Waals surface area contributed by atoms with Gasteiger partial charge < -0.3 is 9.47 Å². The van der Waals surface area contributed by atoms with E-state index in [1.165, 1.54) is 88.9 Å². The van der Waals surface area contributed by atoms with Crippen LogP contribution in [0.25, 0.3) is 0 Å². The number of fused-ring (bicyclic) bond motifs is 4. The largest absolute Gasteiger partial charge is 0.491 e. The summed E-state index contributed by atoms with van der Waals surface area (Å²) in [5, 5.41) is 0. The first-order valence-corrected chi connectivity index (χ1v) is 12.0. The summed E-state index contributed by atoms with van der Waals surface area (Å²) in [5.74, 6) is 3.58. The molecule has 2 aliphatic heterocycles. The van der Waals surface area contributed by atoms with Crippen molar-refractivity contribution in [3.05, 3.63) is 47.4 Å². The van der Waals surface area contributed by atoms with Gasteiger partial charge >= 0.3 is 0 Å². The normalized spacial score (nSPS) is 37.6. The first kappa shape index (κ1) is 18.6. The molecule has 1 saturated heterocycles. The third kappa shape index (κ3) is 3.62. The highest BCUT2D eigenvalue weighted by Gasteiger charge is 2.52. The maximum absolute atomic E-state index is 6.73.